The number of halogens is 1. The van der Waals surface area contributed by atoms with Gasteiger partial charge in [0.15, 0.2) is 0 Å². The third kappa shape index (κ3) is 3.66. The Morgan fingerprint density at radius 3 is 2.62 bits per heavy atom. The molecule has 0 aromatic heterocycles. The van der Waals surface area contributed by atoms with Gasteiger partial charge in [-0.3, -0.25) is 0 Å². The van der Waals surface area contributed by atoms with Crippen molar-refractivity contribution in [1.29, 1.82) is 0 Å². The molecule has 0 heterocycles. The fourth-order valence-electron chi connectivity index (χ4n) is 2.27. The highest BCUT2D eigenvalue weighted by atomic mass is 79.9. The van der Waals surface area contributed by atoms with Gasteiger partial charge in [-0.1, -0.05) is 31.2 Å². The van der Waals surface area contributed by atoms with Crippen molar-refractivity contribution in [3.8, 4) is 5.75 Å². The first-order valence-electron chi connectivity index (χ1n) is 7.21. The zero-order valence-electron chi connectivity index (χ0n) is 12.7. The lowest BCUT2D eigenvalue weighted by Crippen LogP contribution is -2.04. The molecule has 0 aliphatic heterocycles. The number of aryl methyl sites for hydroxylation is 1. The Morgan fingerprint density at radius 1 is 1.19 bits per heavy atom. The molecule has 112 valence electrons. The summed E-state index contributed by atoms with van der Waals surface area (Å²) in [4.78, 5) is 0. The van der Waals surface area contributed by atoms with Gasteiger partial charge >= 0.3 is 0 Å². The third-order valence-corrected chi connectivity index (χ3v) is 4.29. The van der Waals surface area contributed by atoms with Crippen molar-refractivity contribution >= 4 is 15.9 Å². The molecular formula is C18H21BrO2. The highest BCUT2D eigenvalue weighted by Crippen LogP contribution is 2.32. The minimum absolute atomic E-state index is 0.624. The molecule has 3 heteroatoms. The normalized spacial score (nSPS) is 12.2. The molecule has 1 N–H and O–H groups in total. The van der Waals surface area contributed by atoms with E-state index in [1.54, 1.807) is 0 Å². The second-order valence-electron chi connectivity index (χ2n) is 5.23. The molecule has 0 amide bonds. The van der Waals surface area contributed by atoms with Gasteiger partial charge in [0.25, 0.3) is 0 Å². The van der Waals surface area contributed by atoms with Gasteiger partial charge in [0, 0.05) is 0 Å². The number of benzene rings is 2. The van der Waals surface area contributed by atoms with Crippen LogP contribution >= 0.6 is 15.9 Å². The first kappa shape index (κ1) is 16.1. The highest BCUT2D eigenvalue weighted by Gasteiger charge is 2.15. The van der Waals surface area contributed by atoms with E-state index in [1.165, 1.54) is 5.56 Å². The molecule has 0 saturated carbocycles. The molecule has 2 nitrogen and oxygen atoms in total. The van der Waals surface area contributed by atoms with E-state index in [1.807, 2.05) is 37.3 Å². The van der Waals surface area contributed by atoms with Gasteiger partial charge in [0.2, 0.25) is 0 Å². The zero-order valence-corrected chi connectivity index (χ0v) is 14.3. The van der Waals surface area contributed by atoms with Crippen LogP contribution in [0, 0.1) is 13.8 Å². The maximum Gasteiger partial charge on any atom is 0.133 e. The monoisotopic (exact) mass is 348 g/mol. The smallest absolute Gasteiger partial charge is 0.133 e. The highest BCUT2D eigenvalue weighted by molar-refractivity contribution is 9.10. The molecule has 1 unspecified atom stereocenters. The summed E-state index contributed by atoms with van der Waals surface area (Å²) >= 11 is 3.52. The standard InChI is InChI=1S/C18H21BrO2/c1-4-10-21-17-9-8-14(11-16(17)19)18(20)15-7-5-6-12(2)13(15)3/h5-9,11,18,20H,4,10H2,1-3H3. The Labute approximate surface area is 134 Å². The Kier molecular flexibility index (Phi) is 5.43. The van der Waals surface area contributed by atoms with Crippen molar-refractivity contribution in [3.63, 3.8) is 0 Å². The van der Waals surface area contributed by atoms with Gasteiger partial charge in [-0.2, -0.15) is 0 Å². The van der Waals surface area contributed by atoms with Crippen LogP contribution in [0.4, 0.5) is 0 Å². The number of ether oxygens (including phenoxy) is 1. The average Bonchev–Trinajstić information content (AvgIpc) is 2.48. The predicted molar refractivity (Wildman–Crippen MR) is 89.9 cm³/mol. The van der Waals surface area contributed by atoms with Gasteiger partial charge in [-0.15, -0.1) is 0 Å². The summed E-state index contributed by atoms with van der Waals surface area (Å²) in [6.45, 7) is 6.87. The van der Waals surface area contributed by atoms with Crippen molar-refractivity contribution in [3.05, 3.63) is 63.1 Å². The van der Waals surface area contributed by atoms with Gasteiger partial charge in [0.1, 0.15) is 11.9 Å². The van der Waals surface area contributed by atoms with Gasteiger partial charge in [-0.25, -0.2) is 0 Å². The van der Waals surface area contributed by atoms with Crippen molar-refractivity contribution in [2.24, 2.45) is 0 Å². The van der Waals surface area contributed by atoms with Crippen molar-refractivity contribution in [1.82, 2.24) is 0 Å². The van der Waals surface area contributed by atoms with Crippen LogP contribution in [0.15, 0.2) is 40.9 Å². The number of hydrogen-bond acceptors (Lipinski definition) is 2. The van der Waals surface area contributed by atoms with Gasteiger partial charge in [0.05, 0.1) is 11.1 Å². The third-order valence-electron chi connectivity index (χ3n) is 3.67. The Morgan fingerprint density at radius 2 is 1.95 bits per heavy atom. The van der Waals surface area contributed by atoms with Crippen LogP contribution in [0.25, 0.3) is 0 Å². The van der Waals surface area contributed by atoms with Crippen molar-refractivity contribution in [2.75, 3.05) is 6.61 Å². The first-order chi connectivity index (χ1) is 10.0. The number of aliphatic hydroxyl groups excluding tert-OH is 1. The minimum Gasteiger partial charge on any atom is -0.492 e. The Balaban J connectivity index is 2.29. The number of rotatable bonds is 5. The van der Waals surface area contributed by atoms with Crippen LogP contribution in [0.3, 0.4) is 0 Å². The van der Waals surface area contributed by atoms with Crippen LogP contribution in [0.2, 0.25) is 0 Å². The topological polar surface area (TPSA) is 29.5 Å². The number of aliphatic hydroxyl groups is 1. The Hall–Kier alpha value is -1.32. The molecule has 2 rings (SSSR count). The molecule has 0 aliphatic rings. The maximum atomic E-state index is 10.6. The van der Waals surface area contributed by atoms with Crippen LogP contribution in [0.1, 0.15) is 41.7 Å². The van der Waals surface area contributed by atoms with E-state index in [-0.39, 0.29) is 0 Å². The van der Waals surface area contributed by atoms with Crippen LogP contribution in [-0.4, -0.2) is 11.7 Å². The first-order valence-corrected chi connectivity index (χ1v) is 8.00. The summed E-state index contributed by atoms with van der Waals surface area (Å²) in [6, 6.07) is 11.8. The maximum absolute atomic E-state index is 10.6. The molecule has 0 aliphatic carbocycles. The molecule has 0 bridgehead atoms. The van der Waals surface area contributed by atoms with Gasteiger partial charge < -0.3 is 9.84 Å². The van der Waals surface area contributed by atoms with Crippen molar-refractivity contribution in [2.45, 2.75) is 33.3 Å². The second-order valence-corrected chi connectivity index (χ2v) is 6.08. The van der Waals surface area contributed by atoms with E-state index in [0.717, 1.165) is 33.3 Å². The predicted octanol–water partition coefficient (Wildman–Crippen LogP) is 4.94. The number of hydrogen-bond donors (Lipinski definition) is 1. The molecule has 1 atom stereocenters. The average molecular weight is 349 g/mol. The molecule has 2 aromatic rings. The molecule has 21 heavy (non-hydrogen) atoms. The fraction of sp³-hybridized carbons (Fsp3) is 0.333. The quantitative estimate of drug-likeness (QED) is 0.829. The van der Waals surface area contributed by atoms with Gasteiger partial charge in [-0.05, 0) is 70.6 Å². The van der Waals surface area contributed by atoms with Crippen LogP contribution < -0.4 is 4.74 Å². The summed E-state index contributed by atoms with van der Waals surface area (Å²) in [7, 11) is 0. The van der Waals surface area contributed by atoms with E-state index >= 15 is 0 Å². The van der Waals surface area contributed by atoms with E-state index < -0.39 is 6.10 Å². The van der Waals surface area contributed by atoms with Crippen molar-refractivity contribution < 1.29 is 9.84 Å². The van der Waals surface area contributed by atoms with E-state index in [4.69, 9.17) is 4.74 Å². The summed E-state index contributed by atoms with van der Waals surface area (Å²) in [6.07, 6.45) is 0.348. The summed E-state index contributed by atoms with van der Waals surface area (Å²) in [5, 5.41) is 10.6. The largest absolute Gasteiger partial charge is 0.492 e. The second kappa shape index (κ2) is 7.10. The molecule has 2 aromatic carbocycles. The fourth-order valence-corrected chi connectivity index (χ4v) is 2.78. The molecule has 0 radical (unpaired) electrons. The summed E-state index contributed by atoms with van der Waals surface area (Å²) < 4.78 is 6.51. The lowest BCUT2D eigenvalue weighted by Gasteiger charge is -2.17. The Bertz CT molecular complexity index is 623. The van der Waals surface area contributed by atoms with E-state index in [0.29, 0.717) is 6.61 Å². The summed E-state index contributed by atoms with van der Waals surface area (Å²) in [5.74, 6) is 0.814. The SMILES string of the molecule is CCCOc1ccc(C(O)c2cccc(C)c2C)cc1Br. The van der Waals surface area contributed by atoms with E-state index in [2.05, 4.69) is 35.8 Å². The molecule has 0 spiro atoms. The lowest BCUT2D eigenvalue weighted by atomic mass is 9.95. The molecule has 0 saturated heterocycles. The lowest BCUT2D eigenvalue weighted by molar-refractivity contribution is 0.219. The zero-order chi connectivity index (χ0) is 15.4. The summed E-state index contributed by atoms with van der Waals surface area (Å²) in [5.41, 5.74) is 4.13. The van der Waals surface area contributed by atoms with E-state index in [9.17, 15) is 5.11 Å². The molecular weight excluding hydrogens is 328 g/mol. The van der Waals surface area contributed by atoms with Crippen LogP contribution in [-0.2, 0) is 0 Å². The minimum atomic E-state index is -0.624. The molecule has 0 fully saturated rings. The van der Waals surface area contributed by atoms with Crippen LogP contribution in [0.5, 0.6) is 5.75 Å².